The third kappa shape index (κ3) is 63.7. The summed E-state index contributed by atoms with van der Waals surface area (Å²) in [5.41, 5.74) is 0. The van der Waals surface area contributed by atoms with E-state index in [1.54, 1.807) is 0 Å². The molecule has 7 nitrogen and oxygen atoms in total. The van der Waals surface area contributed by atoms with E-state index in [1.807, 2.05) is 0 Å². The summed E-state index contributed by atoms with van der Waals surface area (Å²) in [6.45, 7) is 8.09. The van der Waals surface area contributed by atoms with Crippen molar-refractivity contribution in [3.8, 4) is 0 Å². The molecule has 0 spiro atoms. The molecule has 0 saturated carbocycles. The van der Waals surface area contributed by atoms with E-state index < -0.39 is 0 Å². The zero-order chi connectivity index (χ0) is 17.6. The Morgan fingerprint density at radius 2 is 0.522 bits per heavy atom. The molecule has 0 unspecified atom stereocenters. The molecule has 0 aliphatic rings. The van der Waals surface area contributed by atoms with Gasteiger partial charge in [-0.15, -0.1) is 0 Å². The smallest absolute Gasteiger partial charge is 0.412 e. The first-order valence-electron chi connectivity index (χ1n) is 5.96. The second kappa shape index (κ2) is 20.5. The maximum atomic E-state index is 9.98. The van der Waals surface area contributed by atoms with Crippen LogP contribution in [0, 0.1) is 19.3 Å². The topological polar surface area (TPSA) is 134 Å². The van der Waals surface area contributed by atoms with Crippen molar-refractivity contribution in [3.05, 3.63) is 19.3 Å². The Hall–Kier alpha value is -1.54. The molecule has 0 rings (SSSR count). The van der Waals surface area contributed by atoms with E-state index in [9.17, 15) is 28.8 Å². The largest absolute Gasteiger partial charge is 3.00 e. The maximum absolute atomic E-state index is 9.98. The van der Waals surface area contributed by atoms with E-state index >= 15 is 0 Å². The van der Waals surface area contributed by atoms with Crippen LogP contribution in [0.3, 0.4) is 0 Å². The summed E-state index contributed by atoms with van der Waals surface area (Å²) >= 11 is 0. The van der Waals surface area contributed by atoms with E-state index in [4.69, 9.17) is 0 Å². The number of ketones is 6. The SMILES string of the molecule is CC(=O)[CH-]C(C)=O.CC(=O)[CH-]C(C)=O.CC(=O)[CH-]C(C)=O.O.[Sc+3]. The summed E-state index contributed by atoms with van der Waals surface area (Å²) in [6, 6.07) is 0. The van der Waals surface area contributed by atoms with Crippen LogP contribution in [0.15, 0.2) is 0 Å². The number of hydrogen-bond acceptors (Lipinski definition) is 6. The summed E-state index contributed by atoms with van der Waals surface area (Å²) < 4.78 is 0. The first-order valence-corrected chi connectivity index (χ1v) is 5.96. The summed E-state index contributed by atoms with van der Waals surface area (Å²) in [7, 11) is 0. The van der Waals surface area contributed by atoms with Crippen molar-refractivity contribution in [3.63, 3.8) is 0 Å². The van der Waals surface area contributed by atoms with E-state index in [2.05, 4.69) is 0 Å². The van der Waals surface area contributed by atoms with Crippen LogP contribution in [0.4, 0.5) is 0 Å². The number of carbonyl (C=O) groups excluding carboxylic acids is 6. The van der Waals surface area contributed by atoms with Crippen molar-refractivity contribution in [2.45, 2.75) is 41.5 Å². The molecule has 0 heterocycles. The number of Topliss-reactive ketones (excluding diaryl/α,β-unsaturated/α-hetero) is 6. The van der Waals surface area contributed by atoms with Gasteiger partial charge in [-0.05, 0) is 41.5 Å². The number of hydrogen-bond donors (Lipinski definition) is 0. The Balaban J connectivity index is -0.0000000675. The van der Waals surface area contributed by atoms with Crippen molar-refractivity contribution < 1.29 is 60.1 Å². The Morgan fingerprint density at radius 3 is 0.522 bits per heavy atom. The Bertz CT molecular complexity index is 316. The molecule has 8 heteroatoms. The van der Waals surface area contributed by atoms with Crippen molar-refractivity contribution in [1.29, 1.82) is 0 Å². The van der Waals surface area contributed by atoms with Gasteiger partial charge in [-0.1, -0.05) is 0 Å². The molecule has 0 aromatic heterocycles. The monoisotopic (exact) mass is 360 g/mol. The average Bonchev–Trinajstić information content (AvgIpc) is 2.10. The predicted molar refractivity (Wildman–Crippen MR) is 80.6 cm³/mol. The van der Waals surface area contributed by atoms with Gasteiger partial charge >= 0.3 is 25.8 Å². The van der Waals surface area contributed by atoms with Crippen molar-refractivity contribution in [1.82, 2.24) is 0 Å². The second-order valence-corrected chi connectivity index (χ2v) is 4.10. The minimum atomic E-state index is -0.187. The molecule has 0 aliphatic carbocycles. The van der Waals surface area contributed by atoms with Crippen LogP contribution in [-0.2, 0) is 54.6 Å². The Kier molecular flexibility index (Phi) is 29.5. The van der Waals surface area contributed by atoms with Crippen molar-refractivity contribution >= 4 is 34.7 Å². The number of rotatable bonds is 6. The fourth-order valence-electron chi connectivity index (χ4n) is 0.859. The minimum absolute atomic E-state index is 0. The molecule has 0 aliphatic heterocycles. The zero-order valence-electron chi connectivity index (χ0n) is 14.3. The molecule has 23 heavy (non-hydrogen) atoms. The van der Waals surface area contributed by atoms with Gasteiger partial charge in [0.15, 0.2) is 0 Å². The van der Waals surface area contributed by atoms with E-state index in [0.29, 0.717) is 0 Å². The summed E-state index contributed by atoms with van der Waals surface area (Å²) in [6.07, 6.45) is 3.17. The molecule has 0 aromatic carbocycles. The van der Waals surface area contributed by atoms with Gasteiger partial charge < -0.3 is 34.2 Å². The molecular weight excluding hydrogens is 337 g/mol. The molecule has 0 bridgehead atoms. The molecular formula is C15H23O7Sc. The van der Waals surface area contributed by atoms with Crippen LogP contribution in [0.25, 0.3) is 0 Å². The van der Waals surface area contributed by atoms with Gasteiger partial charge in [0.05, 0.1) is 0 Å². The van der Waals surface area contributed by atoms with E-state index in [1.165, 1.54) is 41.5 Å². The van der Waals surface area contributed by atoms with Gasteiger partial charge in [-0.25, -0.2) is 0 Å². The third-order valence-electron chi connectivity index (χ3n) is 1.22. The van der Waals surface area contributed by atoms with Gasteiger partial charge in [0.25, 0.3) is 0 Å². The second-order valence-electron chi connectivity index (χ2n) is 4.10. The van der Waals surface area contributed by atoms with Crippen LogP contribution >= 0.6 is 0 Å². The standard InChI is InChI=1S/3C5H7O2.H2O.Sc/c3*1-4(6)3-5(2)7;;/h3*3H,1-2H3;1H2;/q3*-1;;+3. The Morgan fingerprint density at radius 1 is 0.435 bits per heavy atom. The number of carbonyl (C=O) groups is 6. The Labute approximate surface area is 155 Å². The fraction of sp³-hybridized carbons (Fsp3) is 0.400. The van der Waals surface area contributed by atoms with Gasteiger partial charge in [0.1, 0.15) is 0 Å². The summed E-state index contributed by atoms with van der Waals surface area (Å²) in [4.78, 5) is 59.9. The zero-order valence-corrected chi connectivity index (χ0v) is 16.1. The molecule has 0 fully saturated rings. The molecule has 0 atom stereocenters. The molecule has 0 amide bonds. The first kappa shape index (κ1) is 33.2. The predicted octanol–water partition coefficient (Wildman–Crippen LogP) is 0.279. The van der Waals surface area contributed by atoms with Crippen LogP contribution in [0.2, 0.25) is 0 Å². The summed E-state index contributed by atoms with van der Waals surface area (Å²) in [5.74, 6) is -1.12. The van der Waals surface area contributed by atoms with Crippen molar-refractivity contribution in [2.75, 3.05) is 0 Å². The molecule has 128 valence electrons. The molecule has 0 saturated heterocycles. The van der Waals surface area contributed by atoms with E-state index in [0.717, 1.165) is 19.3 Å². The van der Waals surface area contributed by atoms with Gasteiger partial charge in [-0.2, -0.15) is 0 Å². The molecule has 0 radical (unpaired) electrons. The van der Waals surface area contributed by atoms with Crippen LogP contribution in [-0.4, -0.2) is 40.2 Å². The molecule has 2 N–H and O–H groups in total. The van der Waals surface area contributed by atoms with Crippen LogP contribution in [0.5, 0.6) is 0 Å². The van der Waals surface area contributed by atoms with Crippen molar-refractivity contribution in [2.24, 2.45) is 0 Å². The quantitative estimate of drug-likeness (QED) is 0.493. The van der Waals surface area contributed by atoms with Crippen LogP contribution in [0.1, 0.15) is 41.5 Å². The normalized spacial score (nSPS) is 7.04. The average molecular weight is 360 g/mol. The van der Waals surface area contributed by atoms with Crippen LogP contribution < -0.4 is 0 Å². The third-order valence-corrected chi connectivity index (χ3v) is 1.22. The maximum Gasteiger partial charge on any atom is 3.00 e. The van der Waals surface area contributed by atoms with Gasteiger partial charge in [0, 0.05) is 34.7 Å². The minimum Gasteiger partial charge on any atom is -0.412 e. The first-order chi connectivity index (χ1) is 9.38. The summed E-state index contributed by atoms with van der Waals surface area (Å²) in [5, 5.41) is 0. The van der Waals surface area contributed by atoms with Gasteiger partial charge in [-0.3, -0.25) is 19.3 Å². The fourth-order valence-corrected chi connectivity index (χ4v) is 0.859. The van der Waals surface area contributed by atoms with Gasteiger partial charge in [0.2, 0.25) is 0 Å². The molecule has 0 aromatic rings. The van der Waals surface area contributed by atoms with E-state index in [-0.39, 0.29) is 66.0 Å².